The van der Waals surface area contributed by atoms with Gasteiger partial charge in [-0.3, -0.25) is 4.79 Å². The van der Waals surface area contributed by atoms with Crippen molar-refractivity contribution in [3.8, 4) is 5.75 Å². The van der Waals surface area contributed by atoms with Gasteiger partial charge in [-0.1, -0.05) is 12.1 Å². The minimum Gasteiger partial charge on any atom is -0.496 e. The van der Waals surface area contributed by atoms with E-state index in [2.05, 4.69) is 4.98 Å². The number of para-hydroxylation sites is 1. The molecule has 0 N–H and O–H groups in total. The van der Waals surface area contributed by atoms with Crippen molar-refractivity contribution < 1.29 is 9.53 Å². The molecule has 0 unspecified atom stereocenters. The van der Waals surface area contributed by atoms with Gasteiger partial charge in [0, 0.05) is 6.20 Å². The Hall–Kier alpha value is -1.68. The number of carbonyl (C=O) groups excluding carboxylic acids is 1. The summed E-state index contributed by atoms with van der Waals surface area (Å²) in [5.74, 6) is 0.557. The number of methoxy groups -OCH3 is 1. The number of nitrogens with zero attached hydrogens (tertiary/aromatic N) is 1. The van der Waals surface area contributed by atoms with Crippen molar-refractivity contribution in [1.29, 1.82) is 0 Å². The summed E-state index contributed by atoms with van der Waals surface area (Å²) in [6, 6.07) is 7.20. The SMILES string of the molecule is COc1ccccc1C(=O)c1cnc(C)s1. The maximum Gasteiger partial charge on any atom is 0.208 e. The first-order valence-electron chi connectivity index (χ1n) is 4.82. The van der Waals surface area contributed by atoms with Crippen LogP contribution in [0.1, 0.15) is 20.2 Å². The predicted octanol–water partition coefficient (Wildman–Crippen LogP) is 2.69. The number of ether oxygens (including phenoxy) is 1. The van der Waals surface area contributed by atoms with E-state index in [-0.39, 0.29) is 5.78 Å². The van der Waals surface area contributed by atoms with Gasteiger partial charge in [0.25, 0.3) is 0 Å². The van der Waals surface area contributed by atoms with Crippen LogP contribution in [0.25, 0.3) is 0 Å². The summed E-state index contributed by atoms with van der Waals surface area (Å²) < 4.78 is 5.16. The minimum absolute atomic E-state index is 0.0388. The average Bonchev–Trinajstić information content (AvgIpc) is 2.75. The molecule has 0 radical (unpaired) electrons. The van der Waals surface area contributed by atoms with Crippen molar-refractivity contribution in [3.63, 3.8) is 0 Å². The molecule has 2 rings (SSSR count). The first-order valence-corrected chi connectivity index (χ1v) is 5.64. The summed E-state index contributed by atoms with van der Waals surface area (Å²) in [7, 11) is 1.56. The number of aromatic nitrogens is 1. The highest BCUT2D eigenvalue weighted by Gasteiger charge is 2.15. The Labute approximate surface area is 97.7 Å². The van der Waals surface area contributed by atoms with E-state index in [0.717, 1.165) is 5.01 Å². The van der Waals surface area contributed by atoms with Gasteiger partial charge in [0.05, 0.1) is 22.6 Å². The average molecular weight is 233 g/mol. The highest BCUT2D eigenvalue weighted by Crippen LogP contribution is 2.23. The number of hydrogen-bond acceptors (Lipinski definition) is 4. The molecule has 3 nitrogen and oxygen atoms in total. The number of thiazole rings is 1. The fraction of sp³-hybridized carbons (Fsp3) is 0.167. The minimum atomic E-state index is -0.0388. The third-order valence-corrected chi connectivity index (χ3v) is 3.11. The Morgan fingerprint density at radius 2 is 2.12 bits per heavy atom. The number of benzene rings is 1. The molecule has 0 aliphatic carbocycles. The van der Waals surface area contributed by atoms with Gasteiger partial charge >= 0.3 is 0 Å². The molecule has 82 valence electrons. The van der Waals surface area contributed by atoms with Crippen LogP contribution in [0.5, 0.6) is 5.75 Å². The molecule has 1 aromatic carbocycles. The van der Waals surface area contributed by atoms with Crippen LogP contribution in [0.2, 0.25) is 0 Å². The van der Waals surface area contributed by atoms with Gasteiger partial charge in [0.2, 0.25) is 5.78 Å². The van der Waals surface area contributed by atoms with Crippen LogP contribution in [0, 0.1) is 6.92 Å². The summed E-state index contributed by atoms with van der Waals surface area (Å²) in [4.78, 5) is 16.8. The van der Waals surface area contributed by atoms with E-state index in [0.29, 0.717) is 16.2 Å². The van der Waals surface area contributed by atoms with Crippen molar-refractivity contribution in [3.05, 3.63) is 45.9 Å². The van der Waals surface area contributed by atoms with Gasteiger partial charge in [0.15, 0.2) is 0 Å². The van der Waals surface area contributed by atoms with Gasteiger partial charge in [-0.25, -0.2) is 4.98 Å². The van der Waals surface area contributed by atoms with Gasteiger partial charge < -0.3 is 4.74 Å². The Balaban J connectivity index is 2.41. The van der Waals surface area contributed by atoms with Crippen molar-refractivity contribution in [2.45, 2.75) is 6.92 Å². The number of ketones is 1. The maximum atomic E-state index is 12.1. The predicted molar refractivity (Wildman–Crippen MR) is 63.3 cm³/mol. The van der Waals surface area contributed by atoms with E-state index in [1.165, 1.54) is 11.3 Å². The zero-order valence-electron chi connectivity index (χ0n) is 9.06. The lowest BCUT2D eigenvalue weighted by Gasteiger charge is -2.05. The van der Waals surface area contributed by atoms with Gasteiger partial charge in [-0.05, 0) is 19.1 Å². The summed E-state index contributed by atoms with van der Waals surface area (Å²) >= 11 is 1.39. The fourth-order valence-corrected chi connectivity index (χ4v) is 2.16. The van der Waals surface area contributed by atoms with Crippen molar-refractivity contribution in [2.24, 2.45) is 0 Å². The molecule has 1 aromatic heterocycles. The monoisotopic (exact) mass is 233 g/mol. The second kappa shape index (κ2) is 4.45. The second-order valence-corrected chi connectivity index (χ2v) is 4.51. The number of aryl methyl sites for hydroxylation is 1. The van der Waals surface area contributed by atoms with Crippen molar-refractivity contribution in [1.82, 2.24) is 4.98 Å². The molecule has 0 saturated carbocycles. The summed E-state index contributed by atoms with van der Waals surface area (Å²) in [6.07, 6.45) is 1.61. The molecule has 0 saturated heterocycles. The third kappa shape index (κ3) is 1.97. The molecule has 16 heavy (non-hydrogen) atoms. The van der Waals surface area contributed by atoms with Crippen molar-refractivity contribution in [2.75, 3.05) is 7.11 Å². The van der Waals surface area contributed by atoms with Gasteiger partial charge in [-0.2, -0.15) is 0 Å². The Morgan fingerprint density at radius 1 is 1.38 bits per heavy atom. The number of hydrogen-bond donors (Lipinski definition) is 0. The van der Waals surface area contributed by atoms with Gasteiger partial charge in [0.1, 0.15) is 5.75 Å². The summed E-state index contributed by atoms with van der Waals surface area (Å²) in [6.45, 7) is 1.88. The highest BCUT2D eigenvalue weighted by molar-refractivity contribution is 7.13. The van der Waals surface area contributed by atoms with E-state index in [1.54, 1.807) is 25.4 Å². The smallest absolute Gasteiger partial charge is 0.208 e. The number of rotatable bonds is 3. The largest absolute Gasteiger partial charge is 0.496 e. The molecule has 2 aromatic rings. The topological polar surface area (TPSA) is 39.2 Å². The molecular formula is C12H11NO2S. The van der Waals surface area contributed by atoms with E-state index >= 15 is 0 Å². The fourth-order valence-electron chi connectivity index (χ4n) is 1.43. The molecule has 0 aliphatic rings. The molecular weight excluding hydrogens is 222 g/mol. The molecule has 0 spiro atoms. The van der Waals surface area contributed by atoms with Crippen LogP contribution in [0.15, 0.2) is 30.5 Å². The molecule has 0 amide bonds. The van der Waals surface area contributed by atoms with Crippen LogP contribution in [-0.2, 0) is 0 Å². The van der Waals surface area contributed by atoms with E-state index in [9.17, 15) is 4.79 Å². The second-order valence-electron chi connectivity index (χ2n) is 3.27. The quantitative estimate of drug-likeness (QED) is 0.765. The standard InChI is InChI=1S/C12H11NO2S/c1-8-13-7-11(16-8)12(14)9-5-3-4-6-10(9)15-2/h3-7H,1-2H3. The lowest BCUT2D eigenvalue weighted by molar-refractivity contribution is 0.103. The summed E-state index contributed by atoms with van der Waals surface area (Å²) in [5, 5.41) is 0.887. The Kier molecular flexibility index (Phi) is 3.01. The lowest BCUT2D eigenvalue weighted by Crippen LogP contribution is -2.01. The van der Waals surface area contributed by atoms with Gasteiger partial charge in [-0.15, -0.1) is 11.3 Å². The molecule has 0 fully saturated rings. The molecule has 0 aliphatic heterocycles. The highest BCUT2D eigenvalue weighted by atomic mass is 32.1. The normalized spacial score (nSPS) is 10.1. The third-order valence-electron chi connectivity index (χ3n) is 2.20. The number of carbonyl (C=O) groups is 1. The summed E-state index contributed by atoms with van der Waals surface area (Å²) in [5.41, 5.74) is 0.577. The molecule has 0 atom stereocenters. The van der Waals surface area contributed by atoms with E-state index in [4.69, 9.17) is 4.74 Å². The van der Waals surface area contributed by atoms with Crippen LogP contribution in [0.4, 0.5) is 0 Å². The zero-order chi connectivity index (χ0) is 11.5. The van der Waals surface area contributed by atoms with Crippen LogP contribution in [0.3, 0.4) is 0 Å². The molecule has 0 bridgehead atoms. The zero-order valence-corrected chi connectivity index (χ0v) is 9.88. The van der Waals surface area contributed by atoms with E-state index < -0.39 is 0 Å². The Bertz CT molecular complexity index is 519. The first kappa shape index (κ1) is 10.8. The molecule has 4 heteroatoms. The maximum absolute atomic E-state index is 12.1. The van der Waals surface area contributed by atoms with Crippen LogP contribution < -0.4 is 4.74 Å². The lowest BCUT2D eigenvalue weighted by atomic mass is 10.1. The molecule has 1 heterocycles. The van der Waals surface area contributed by atoms with Crippen LogP contribution >= 0.6 is 11.3 Å². The Morgan fingerprint density at radius 3 is 2.75 bits per heavy atom. The van der Waals surface area contributed by atoms with Crippen LogP contribution in [-0.4, -0.2) is 17.9 Å². The van der Waals surface area contributed by atoms with E-state index in [1.807, 2.05) is 19.1 Å². The first-order chi connectivity index (χ1) is 7.72. The van der Waals surface area contributed by atoms with Crippen molar-refractivity contribution >= 4 is 17.1 Å².